The maximum Gasteiger partial charge on any atom is 0.303 e. The molecule has 0 spiro atoms. The van der Waals surface area contributed by atoms with Crippen LogP contribution in [0.2, 0.25) is 0 Å². The minimum Gasteiger partial charge on any atom is -0.481 e. The molecule has 1 aromatic carbocycles. The van der Waals surface area contributed by atoms with Crippen molar-refractivity contribution in [3.63, 3.8) is 0 Å². The van der Waals surface area contributed by atoms with Gasteiger partial charge in [-0.2, -0.15) is 0 Å². The minimum atomic E-state index is -0.781. The quantitative estimate of drug-likeness (QED) is 0.155. The summed E-state index contributed by atoms with van der Waals surface area (Å²) in [5.41, 5.74) is 4.23. The zero-order valence-corrected chi connectivity index (χ0v) is 31.0. The second-order valence-electron chi connectivity index (χ2n) is 17.4. The molecule has 8 nitrogen and oxygen atoms in total. The number of benzene rings is 1. The Bertz CT molecular complexity index is 1580. The van der Waals surface area contributed by atoms with Gasteiger partial charge >= 0.3 is 5.97 Å². The van der Waals surface area contributed by atoms with E-state index in [9.17, 15) is 30.0 Å². The van der Waals surface area contributed by atoms with Crippen LogP contribution in [0.5, 0.6) is 0 Å². The Morgan fingerprint density at radius 1 is 1.02 bits per heavy atom. The predicted molar refractivity (Wildman–Crippen MR) is 195 cm³/mol. The average Bonchev–Trinajstić information content (AvgIpc) is 3.41. The molecule has 2 aromatic rings. The highest BCUT2D eigenvalue weighted by Crippen LogP contribution is 2.69. The molecule has 4 aliphatic rings. The van der Waals surface area contributed by atoms with Gasteiger partial charge in [-0.05, 0) is 149 Å². The van der Waals surface area contributed by atoms with E-state index in [1.807, 2.05) is 19.9 Å². The Balaban J connectivity index is 1.08. The normalized spacial score (nSPS) is 36.9. The van der Waals surface area contributed by atoms with Crippen molar-refractivity contribution in [2.45, 2.75) is 137 Å². The number of pyridine rings is 1. The van der Waals surface area contributed by atoms with Crippen molar-refractivity contribution in [3.8, 4) is 0 Å². The first-order valence-electron chi connectivity index (χ1n) is 19.2. The van der Waals surface area contributed by atoms with Gasteiger partial charge in [-0.1, -0.05) is 45.0 Å². The van der Waals surface area contributed by atoms with Gasteiger partial charge in [-0.15, -0.1) is 0 Å². The lowest BCUT2D eigenvalue weighted by Gasteiger charge is -2.64. The number of nitrogens with one attached hydrogen (secondary N) is 1. The number of aryl methyl sites for hydroxylation is 3. The summed E-state index contributed by atoms with van der Waals surface area (Å²) in [5.74, 6) is 0.505. The first kappa shape index (κ1) is 37.0. The van der Waals surface area contributed by atoms with Crippen LogP contribution in [0.3, 0.4) is 0 Å². The zero-order valence-electron chi connectivity index (χ0n) is 31.0. The molecular weight excluding hydrogens is 628 g/mol. The van der Waals surface area contributed by atoms with Gasteiger partial charge in [-0.3, -0.25) is 14.6 Å². The number of carbonyl (C=O) groups is 2. The summed E-state index contributed by atoms with van der Waals surface area (Å²) in [7, 11) is 0. The number of nitrogens with zero attached hydrogens (tertiary/aromatic N) is 1. The van der Waals surface area contributed by atoms with Gasteiger partial charge in [0.15, 0.2) is 5.78 Å². The molecular formula is C42H60N2O6. The monoisotopic (exact) mass is 688 g/mol. The van der Waals surface area contributed by atoms with Gasteiger partial charge in [0.1, 0.15) is 0 Å². The number of rotatable bonds is 11. The fourth-order valence-electron chi connectivity index (χ4n) is 11.8. The lowest BCUT2D eigenvalue weighted by atomic mass is 9.42. The molecule has 274 valence electrons. The molecule has 1 heterocycles. The number of aliphatic hydroxyl groups excluding tert-OH is 2. The number of ketones is 1. The van der Waals surface area contributed by atoms with E-state index in [2.05, 4.69) is 55.3 Å². The Morgan fingerprint density at radius 3 is 2.40 bits per heavy atom. The van der Waals surface area contributed by atoms with E-state index in [1.54, 1.807) is 6.92 Å². The molecule has 4 aliphatic carbocycles. The van der Waals surface area contributed by atoms with Crippen LogP contribution in [-0.4, -0.2) is 55.0 Å². The van der Waals surface area contributed by atoms with E-state index in [-0.39, 0.29) is 58.5 Å². The number of carboxylic acid groups (broad SMARTS) is 1. The second kappa shape index (κ2) is 14.0. The molecule has 50 heavy (non-hydrogen) atoms. The van der Waals surface area contributed by atoms with Crippen LogP contribution in [0.1, 0.15) is 125 Å². The Hall–Kier alpha value is -2.81. The molecule has 7 unspecified atom stereocenters. The third-order valence-corrected chi connectivity index (χ3v) is 14.6. The van der Waals surface area contributed by atoms with Crippen molar-refractivity contribution in [1.82, 2.24) is 4.98 Å². The first-order valence-corrected chi connectivity index (χ1v) is 19.2. The molecule has 0 bridgehead atoms. The van der Waals surface area contributed by atoms with Crippen LogP contribution in [0.25, 0.3) is 0 Å². The summed E-state index contributed by atoms with van der Waals surface area (Å²) in [4.78, 5) is 28.0. The van der Waals surface area contributed by atoms with Gasteiger partial charge in [0.2, 0.25) is 0 Å². The summed E-state index contributed by atoms with van der Waals surface area (Å²) in [6, 6.07) is 10.4. The Morgan fingerprint density at radius 2 is 1.72 bits per heavy atom. The van der Waals surface area contributed by atoms with E-state index in [0.29, 0.717) is 44.2 Å². The summed E-state index contributed by atoms with van der Waals surface area (Å²) in [5, 5.41) is 48.4. The first-order chi connectivity index (χ1) is 23.6. The van der Waals surface area contributed by atoms with Gasteiger partial charge in [-0.25, -0.2) is 0 Å². The average molecular weight is 689 g/mol. The number of hydrogen-bond acceptors (Lipinski definition) is 7. The highest BCUT2D eigenvalue weighted by molar-refractivity contribution is 6.00. The smallest absolute Gasteiger partial charge is 0.303 e. The number of hydrogen-bond donors (Lipinski definition) is 5. The molecule has 4 fully saturated rings. The topological polar surface area (TPSA) is 140 Å². The maximum atomic E-state index is 12.2. The third-order valence-electron chi connectivity index (χ3n) is 14.6. The van der Waals surface area contributed by atoms with E-state index >= 15 is 0 Å². The number of aliphatic hydroxyl groups is 3. The highest BCUT2D eigenvalue weighted by Gasteiger charge is 2.66. The Labute approximate surface area is 298 Å². The van der Waals surface area contributed by atoms with Gasteiger partial charge in [0, 0.05) is 24.3 Å². The van der Waals surface area contributed by atoms with Crippen molar-refractivity contribution < 1.29 is 30.0 Å². The van der Waals surface area contributed by atoms with Crippen molar-refractivity contribution in [3.05, 3.63) is 58.4 Å². The van der Waals surface area contributed by atoms with E-state index < -0.39 is 23.8 Å². The number of aliphatic carboxylic acids is 1. The molecule has 0 aliphatic heterocycles. The molecule has 0 radical (unpaired) electrons. The summed E-state index contributed by atoms with van der Waals surface area (Å²) in [6.45, 7) is 12.7. The Kier molecular flexibility index (Phi) is 10.3. The molecule has 6 rings (SSSR count). The van der Waals surface area contributed by atoms with Crippen LogP contribution in [0.4, 0.5) is 5.69 Å². The predicted octanol–water partition coefficient (Wildman–Crippen LogP) is 7.28. The van der Waals surface area contributed by atoms with E-state index in [0.717, 1.165) is 54.7 Å². The second-order valence-corrected chi connectivity index (χ2v) is 17.4. The molecule has 11 atom stereocenters. The number of carbonyl (C=O) groups excluding carboxylic acids is 1. The SMILES string of the molecule is CC(=O)c1c(NCc2ccc(CCC3(O)CC[C@@]4(C)C(CC(O)C5C4CC(O)[C@@]4(C)C5CC[C@@H]4[C@H](C)CCC(=O)O)C3)cc2)cc(C)nc1C. The molecule has 4 saturated carbocycles. The van der Waals surface area contributed by atoms with Crippen molar-refractivity contribution in [1.29, 1.82) is 0 Å². The van der Waals surface area contributed by atoms with Crippen molar-refractivity contribution in [2.24, 2.45) is 46.3 Å². The number of Topliss-reactive ketones (excluding diaryl/α,β-unsaturated/α-hetero) is 1. The third kappa shape index (κ3) is 6.77. The zero-order chi connectivity index (χ0) is 36.2. The molecule has 0 amide bonds. The standard InChI is InChI=1S/C42H60N2O6/c1-24(7-14-37(48)49)31-12-13-32-39-33(21-36(47)41(31,32)6)40(5)17-18-42(50,22-30(40)20-35(39)46)16-15-28-8-10-29(11-9-28)23-43-34-19-25(2)44-26(3)38(34)27(4)45/h8-11,19,24,30-33,35-36,39,46-47,50H,7,12-18,20-23H2,1-6H3,(H,43,44)(H,48,49)/t24-,30?,31-,32?,33?,35?,36?,39?,40+,41-,42?/m1/s1. The largest absolute Gasteiger partial charge is 0.481 e. The van der Waals surface area contributed by atoms with Gasteiger partial charge in [0.05, 0.1) is 29.1 Å². The molecule has 5 N–H and O–H groups in total. The summed E-state index contributed by atoms with van der Waals surface area (Å²) in [6.07, 6.45) is 6.99. The fourth-order valence-corrected chi connectivity index (χ4v) is 11.8. The van der Waals surface area contributed by atoms with Crippen molar-refractivity contribution in [2.75, 3.05) is 5.32 Å². The summed E-state index contributed by atoms with van der Waals surface area (Å²) >= 11 is 0. The molecule has 1 aromatic heterocycles. The van der Waals surface area contributed by atoms with Crippen LogP contribution >= 0.6 is 0 Å². The lowest BCUT2D eigenvalue weighted by Crippen LogP contribution is -2.63. The van der Waals surface area contributed by atoms with Gasteiger partial charge < -0.3 is 25.7 Å². The van der Waals surface area contributed by atoms with Gasteiger partial charge in [0.25, 0.3) is 0 Å². The number of carboxylic acids is 1. The minimum absolute atomic E-state index is 0.000901. The molecule has 0 saturated heterocycles. The number of anilines is 1. The van der Waals surface area contributed by atoms with Crippen LogP contribution < -0.4 is 5.32 Å². The van der Waals surface area contributed by atoms with Crippen LogP contribution in [0.15, 0.2) is 30.3 Å². The van der Waals surface area contributed by atoms with Crippen molar-refractivity contribution >= 4 is 17.4 Å². The summed E-state index contributed by atoms with van der Waals surface area (Å²) < 4.78 is 0. The maximum absolute atomic E-state index is 12.2. The molecule has 8 heteroatoms. The number of fused-ring (bicyclic) bond motifs is 5. The van der Waals surface area contributed by atoms with E-state index in [4.69, 9.17) is 0 Å². The van der Waals surface area contributed by atoms with E-state index in [1.165, 1.54) is 5.56 Å². The highest BCUT2D eigenvalue weighted by atomic mass is 16.4. The van der Waals surface area contributed by atoms with Crippen LogP contribution in [0, 0.1) is 60.2 Å². The fraction of sp³-hybridized carbons (Fsp3) is 0.690. The number of aromatic nitrogens is 1. The lowest BCUT2D eigenvalue weighted by molar-refractivity contribution is -0.216. The van der Waals surface area contributed by atoms with Crippen LogP contribution in [-0.2, 0) is 17.8 Å².